The number of fused-ring (bicyclic) bond motifs is 1. The monoisotopic (exact) mass is 335 g/mol. The van der Waals surface area contributed by atoms with Crippen molar-refractivity contribution < 1.29 is 5.11 Å². The van der Waals surface area contributed by atoms with Crippen LogP contribution in [0.1, 0.15) is 43.2 Å². The second-order valence-electron chi connectivity index (χ2n) is 8.01. The Kier molecular flexibility index (Phi) is 4.56. The molecule has 0 amide bonds. The van der Waals surface area contributed by atoms with Gasteiger partial charge in [-0.1, -0.05) is 55.3 Å². The van der Waals surface area contributed by atoms with Crippen molar-refractivity contribution >= 4 is 0 Å². The van der Waals surface area contributed by atoms with E-state index in [2.05, 4.69) is 24.1 Å². The van der Waals surface area contributed by atoms with E-state index in [1.54, 1.807) is 0 Å². The number of nitrogens with zero attached hydrogens (tertiary/aromatic N) is 1. The van der Waals surface area contributed by atoms with Crippen molar-refractivity contribution in [3.63, 3.8) is 0 Å². The van der Waals surface area contributed by atoms with E-state index in [4.69, 9.17) is 0 Å². The van der Waals surface area contributed by atoms with Crippen molar-refractivity contribution in [1.29, 1.82) is 0 Å². The molecule has 1 saturated heterocycles. The molecule has 2 aliphatic carbocycles. The number of aromatic hydroxyl groups is 1. The van der Waals surface area contributed by atoms with Crippen molar-refractivity contribution in [2.75, 3.05) is 13.6 Å². The van der Waals surface area contributed by atoms with Crippen molar-refractivity contribution in [2.24, 2.45) is 5.92 Å². The maximum Gasteiger partial charge on any atom is 0.115 e. The fraction of sp³-hybridized carbons (Fsp3) is 0.478. The Hall–Kier alpha value is -1.80. The molecule has 2 fully saturated rings. The number of hydrogen-bond acceptors (Lipinski definition) is 2. The second-order valence-corrected chi connectivity index (χ2v) is 8.01. The standard InChI is InChI=1S/C17H23NO.C6H6/c1-18-9-8-17-7-3-2-4-14(17)16(18)10-12-5-6-13(19)11-15(12)17;1-2-4-6-5-3-1/h5-6,11,14,16,19H,2-4,7-10H2,1H3;1-6H/t14-,16+,17+;/m0./s1. The van der Waals surface area contributed by atoms with Gasteiger partial charge in [-0.05, 0) is 68.5 Å². The molecule has 132 valence electrons. The number of likely N-dealkylation sites (N-methyl/N-ethyl adjacent to an activating group) is 1. The van der Waals surface area contributed by atoms with Gasteiger partial charge in [0.15, 0.2) is 0 Å². The minimum Gasteiger partial charge on any atom is -0.508 e. The summed E-state index contributed by atoms with van der Waals surface area (Å²) in [5.74, 6) is 1.27. The van der Waals surface area contributed by atoms with E-state index in [1.165, 1.54) is 56.2 Å². The zero-order valence-electron chi connectivity index (χ0n) is 15.2. The third-order valence-electron chi connectivity index (χ3n) is 6.76. The molecule has 0 aromatic heterocycles. The van der Waals surface area contributed by atoms with Gasteiger partial charge in [0.1, 0.15) is 5.75 Å². The lowest BCUT2D eigenvalue weighted by Crippen LogP contribution is -2.59. The number of phenolic OH excluding ortho intramolecular Hbond substituents is 1. The van der Waals surface area contributed by atoms with Gasteiger partial charge in [0.2, 0.25) is 0 Å². The topological polar surface area (TPSA) is 23.5 Å². The summed E-state index contributed by atoms with van der Waals surface area (Å²) in [6.07, 6.45) is 7.93. The van der Waals surface area contributed by atoms with Crippen LogP contribution in [0, 0.1) is 5.92 Å². The molecule has 5 rings (SSSR count). The number of hydrogen-bond donors (Lipinski definition) is 1. The lowest BCUT2D eigenvalue weighted by molar-refractivity contribution is 0.00274. The highest BCUT2D eigenvalue weighted by Gasteiger charge is 2.52. The first-order valence-corrected chi connectivity index (χ1v) is 9.73. The Morgan fingerprint density at radius 2 is 1.72 bits per heavy atom. The molecule has 1 heterocycles. The van der Waals surface area contributed by atoms with Gasteiger partial charge in [-0.2, -0.15) is 0 Å². The summed E-state index contributed by atoms with van der Waals surface area (Å²) in [6.45, 7) is 1.22. The maximum atomic E-state index is 9.91. The quantitative estimate of drug-likeness (QED) is 0.750. The van der Waals surface area contributed by atoms with E-state index in [9.17, 15) is 5.11 Å². The van der Waals surface area contributed by atoms with E-state index in [0.717, 1.165) is 12.0 Å². The molecule has 0 spiro atoms. The molecule has 1 aliphatic heterocycles. The minimum atomic E-state index is 0.377. The Morgan fingerprint density at radius 3 is 2.44 bits per heavy atom. The van der Waals surface area contributed by atoms with E-state index in [-0.39, 0.29) is 0 Å². The molecule has 2 bridgehead atoms. The van der Waals surface area contributed by atoms with Crippen LogP contribution in [-0.4, -0.2) is 29.6 Å². The summed E-state index contributed by atoms with van der Waals surface area (Å²) in [4.78, 5) is 2.59. The van der Waals surface area contributed by atoms with Crippen molar-refractivity contribution in [1.82, 2.24) is 4.90 Å². The third-order valence-corrected chi connectivity index (χ3v) is 6.76. The molecule has 25 heavy (non-hydrogen) atoms. The molecule has 0 radical (unpaired) electrons. The first-order valence-electron chi connectivity index (χ1n) is 9.73. The van der Waals surface area contributed by atoms with Crippen LogP contribution in [-0.2, 0) is 11.8 Å². The molecule has 3 atom stereocenters. The van der Waals surface area contributed by atoms with Crippen LogP contribution >= 0.6 is 0 Å². The smallest absolute Gasteiger partial charge is 0.115 e. The molecule has 0 unspecified atom stereocenters. The highest BCUT2D eigenvalue weighted by Crippen LogP contribution is 2.55. The molecule has 2 heteroatoms. The zero-order valence-corrected chi connectivity index (χ0v) is 15.2. The molecule has 1 N–H and O–H groups in total. The lowest BCUT2D eigenvalue weighted by Gasteiger charge is -2.58. The zero-order chi connectivity index (χ0) is 17.3. The van der Waals surface area contributed by atoms with E-state index < -0.39 is 0 Å². The van der Waals surface area contributed by atoms with Crippen LogP contribution in [0.3, 0.4) is 0 Å². The fourth-order valence-corrected chi connectivity index (χ4v) is 5.57. The number of benzene rings is 2. The van der Waals surface area contributed by atoms with Crippen molar-refractivity contribution in [3.8, 4) is 5.75 Å². The summed E-state index contributed by atoms with van der Waals surface area (Å²) in [5.41, 5.74) is 3.36. The van der Waals surface area contributed by atoms with Gasteiger partial charge in [0.25, 0.3) is 0 Å². The average molecular weight is 335 g/mol. The largest absolute Gasteiger partial charge is 0.508 e. The number of piperidine rings is 1. The molecule has 2 nitrogen and oxygen atoms in total. The molecule has 2 aromatic carbocycles. The Balaban J connectivity index is 0.000000223. The van der Waals surface area contributed by atoms with E-state index >= 15 is 0 Å². The van der Waals surface area contributed by atoms with Crippen molar-refractivity contribution in [3.05, 3.63) is 65.7 Å². The van der Waals surface area contributed by atoms with Crippen LogP contribution in [0.25, 0.3) is 0 Å². The highest BCUT2D eigenvalue weighted by atomic mass is 16.3. The minimum absolute atomic E-state index is 0.377. The van der Waals surface area contributed by atoms with Gasteiger partial charge < -0.3 is 10.0 Å². The third kappa shape index (κ3) is 2.97. The molecule has 1 saturated carbocycles. The SMILES string of the molecule is CN1CC[C@]23CCCC[C@H]2[C@H]1Cc1ccc(O)cc13.c1ccccc1. The number of phenols is 1. The lowest BCUT2D eigenvalue weighted by atomic mass is 9.52. The Bertz CT molecular complexity index is 687. The average Bonchev–Trinajstić information content (AvgIpc) is 2.67. The van der Waals surface area contributed by atoms with Crippen molar-refractivity contribution in [2.45, 2.75) is 50.0 Å². The van der Waals surface area contributed by atoms with E-state index in [0.29, 0.717) is 11.2 Å². The van der Waals surface area contributed by atoms with Crippen LogP contribution in [0.15, 0.2) is 54.6 Å². The van der Waals surface area contributed by atoms with Crippen LogP contribution < -0.4 is 0 Å². The first-order chi connectivity index (χ1) is 12.2. The first kappa shape index (κ1) is 16.7. The van der Waals surface area contributed by atoms with Gasteiger partial charge in [0, 0.05) is 11.5 Å². The summed E-state index contributed by atoms with van der Waals surface area (Å²) in [5, 5.41) is 9.91. The van der Waals surface area contributed by atoms with Crippen LogP contribution in [0.2, 0.25) is 0 Å². The number of likely N-dealkylation sites (tertiary alicyclic amines) is 1. The fourth-order valence-electron chi connectivity index (χ4n) is 5.57. The van der Waals surface area contributed by atoms with Crippen LogP contribution in [0.5, 0.6) is 5.75 Å². The predicted molar refractivity (Wildman–Crippen MR) is 103 cm³/mol. The Morgan fingerprint density at radius 1 is 1.00 bits per heavy atom. The van der Waals surface area contributed by atoms with Gasteiger partial charge in [-0.15, -0.1) is 0 Å². The normalized spacial score (nSPS) is 30.4. The highest BCUT2D eigenvalue weighted by molar-refractivity contribution is 5.45. The summed E-state index contributed by atoms with van der Waals surface area (Å²) in [7, 11) is 2.30. The molecular formula is C23H29NO. The Labute approximate surface area is 151 Å². The van der Waals surface area contributed by atoms with E-state index in [1.807, 2.05) is 42.5 Å². The van der Waals surface area contributed by atoms with Gasteiger partial charge in [0.05, 0.1) is 0 Å². The molecule has 2 aromatic rings. The number of rotatable bonds is 0. The molecule has 3 aliphatic rings. The summed E-state index contributed by atoms with van der Waals surface area (Å²) in [6, 6.07) is 18.8. The van der Waals surface area contributed by atoms with Gasteiger partial charge in [-0.25, -0.2) is 0 Å². The van der Waals surface area contributed by atoms with Gasteiger partial charge >= 0.3 is 0 Å². The predicted octanol–water partition coefficient (Wildman–Crippen LogP) is 4.77. The summed E-state index contributed by atoms with van der Waals surface area (Å²) < 4.78 is 0. The molecular weight excluding hydrogens is 306 g/mol. The second kappa shape index (κ2) is 6.84. The maximum absolute atomic E-state index is 9.91. The van der Waals surface area contributed by atoms with Crippen LogP contribution in [0.4, 0.5) is 0 Å². The summed E-state index contributed by atoms with van der Waals surface area (Å²) >= 11 is 0. The van der Waals surface area contributed by atoms with Gasteiger partial charge in [-0.3, -0.25) is 0 Å².